The molecule has 0 fully saturated rings. The van der Waals surface area contributed by atoms with Crippen LogP contribution in [0.5, 0.6) is 0 Å². The number of nitro benzene ring substituents is 2. The number of carbonyl (C=O) groups is 2. The summed E-state index contributed by atoms with van der Waals surface area (Å²) in [5.41, 5.74) is -0.731. The summed E-state index contributed by atoms with van der Waals surface area (Å²) in [5.74, 6) is -1.23. The Morgan fingerprint density at radius 1 is 0.938 bits per heavy atom. The van der Waals surface area contributed by atoms with E-state index in [2.05, 4.69) is 10.6 Å². The first-order chi connectivity index (χ1) is 15.3. The first-order valence-corrected chi connectivity index (χ1v) is 9.35. The zero-order valence-electron chi connectivity index (χ0n) is 16.3. The summed E-state index contributed by atoms with van der Waals surface area (Å²) in [6.45, 7) is -0.332. The molecule has 0 spiro atoms. The lowest BCUT2D eigenvalue weighted by atomic mass is 10.1. The number of nitrogens with zero attached hydrogens (tertiary/aromatic N) is 3. The van der Waals surface area contributed by atoms with Gasteiger partial charge in [-0.1, -0.05) is 30.3 Å². The molecule has 160 valence electrons. The molecule has 2 N–H and O–H groups in total. The maximum Gasteiger partial charge on any atom is 0.300 e. The standard InChI is InChI=1S/C21H15N5O6/c27-19-12-24(16-9-5-4-8-15(16)23-19)21(28)13-10-17(25(29)30)20(18(11-13)26(31)32)22-14-6-2-1-3-7-14/h1-11,22H,12H2,(H,23,27). The van der Waals surface area contributed by atoms with Gasteiger partial charge in [0.05, 0.1) is 26.8 Å². The monoisotopic (exact) mass is 433 g/mol. The molecular formula is C21H15N5O6. The molecule has 1 heterocycles. The second kappa shape index (κ2) is 8.14. The Hall–Kier alpha value is -4.80. The molecular weight excluding hydrogens is 418 g/mol. The van der Waals surface area contributed by atoms with E-state index in [1.165, 1.54) is 0 Å². The summed E-state index contributed by atoms with van der Waals surface area (Å²) in [6, 6.07) is 16.7. The SMILES string of the molecule is O=C1CN(C(=O)c2cc([N+](=O)[O-])c(Nc3ccccc3)c([N+](=O)[O-])c2)c2ccccc2N1. The summed E-state index contributed by atoms with van der Waals surface area (Å²) < 4.78 is 0. The van der Waals surface area contributed by atoms with E-state index in [1.807, 2.05) is 0 Å². The number of anilines is 4. The van der Waals surface area contributed by atoms with E-state index in [9.17, 15) is 29.8 Å². The van der Waals surface area contributed by atoms with Crippen LogP contribution in [0, 0.1) is 20.2 Å². The predicted molar refractivity (Wildman–Crippen MR) is 116 cm³/mol. The Morgan fingerprint density at radius 3 is 2.16 bits per heavy atom. The fourth-order valence-electron chi connectivity index (χ4n) is 3.39. The van der Waals surface area contributed by atoms with Crippen molar-refractivity contribution in [1.82, 2.24) is 0 Å². The van der Waals surface area contributed by atoms with Crippen molar-refractivity contribution in [1.29, 1.82) is 0 Å². The summed E-state index contributed by atoms with van der Waals surface area (Å²) in [7, 11) is 0. The van der Waals surface area contributed by atoms with Gasteiger partial charge in [0.2, 0.25) is 5.91 Å². The smallest absolute Gasteiger partial charge is 0.300 e. The number of hydrogen-bond acceptors (Lipinski definition) is 7. The number of hydrogen-bond donors (Lipinski definition) is 2. The van der Waals surface area contributed by atoms with Crippen LogP contribution < -0.4 is 15.5 Å². The van der Waals surface area contributed by atoms with Crippen LogP contribution in [0.1, 0.15) is 10.4 Å². The van der Waals surface area contributed by atoms with Crippen LogP contribution >= 0.6 is 0 Å². The van der Waals surface area contributed by atoms with E-state index in [-0.39, 0.29) is 17.8 Å². The van der Waals surface area contributed by atoms with Gasteiger partial charge in [-0.05, 0) is 24.3 Å². The molecule has 3 aromatic rings. The fourth-order valence-corrected chi connectivity index (χ4v) is 3.39. The molecule has 4 rings (SSSR count). The van der Waals surface area contributed by atoms with Crippen LogP contribution in [0.25, 0.3) is 0 Å². The van der Waals surface area contributed by atoms with Crippen molar-refractivity contribution in [3.8, 4) is 0 Å². The van der Waals surface area contributed by atoms with E-state index in [4.69, 9.17) is 0 Å². The van der Waals surface area contributed by atoms with Gasteiger partial charge in [0.25, 0.3) is 5.91 Å². The predicted octanol–water partition coefficient (Wildman–Crippen LogP) is 3.85. The van der Waals surface area contributed by atoms with Crippen LogP contribution in [0.3, 0.4) is 0 Å². The van der Waals surface area contributed by atoms with Gasteiger partial charge in [0.15, 0.2) is 5.69 Å². The molecule has 3 aromatic carbocycles. The van der Waals surface area contributed by atoms with Gasteiger partial charge in [0.1, 0.15) is 6.54 Å². The van der Waals surface area contributed by atoms with E-state index in [1.54, 1.807) is 54.6 Å². The molecule has 0 aliphatic carbocycles. The first kappa shape index (κ1) is 20.5. The number of nitro groups is 2. The zero-order chi connectivity index (χ0) is 22.8. The Labute approximate surface area is 180 Å². The number of para-hydroxylation sites is 3. The second-order valence-corrected chi connectivity index (χ2v) is 6.85. The normalized spacial score (nSPS) is 12.5. The molecule has 1 aliphatic rings. The summed E-state index contributed by atoms with van der Waals surface area (Å²) in [5, 5.41) is 28.8. The van der Waals surface area contributed by atoms with Crippen molar-refractivity contribution < 1.29 is 19.4 Å². The van der Waals surface area contributed by atoms with Crippen LogP contribution in [0.4, 0.5) is 34.1 Å². The number of benzene rings is 3. The molecule has 11 heteroatoms. The van der Waals surface area contributed by atoms with Gasteiger partial charge in [-0.15, -0.1) is 0 Å². The lowest BCUT2D eigenvalue weighted by Crippen LogP contribution is -2.42. The molecule has 11 nitrogen and oxygen atoms in total. The lowest BCUT2D eigenvalue weighted by molar-refractivity contribution is -0.392. The molecule has 0 aromatic heterocycles. The first-order valence-electron chi connectivity index (χ1n) is 9.35. The molecule has 0 unspecified atom stereocenters. The minimum atomic E-state index is -0.800. The average molecular weight is 433 g/mol. The quantitative estimate of drug-likeness (QED) is 0.459. The maximum absolute atomic E-state index is 13.2. The van der Waals surface area contributed by atoms with Crippen molar-refractivity contribution in [2.24, 2.45) is 0 Å². The van der Waals surface area contributed by atoms with E-state index < -0.39 is 33.0 Å². The van der Waals surface area contributed by atoms with Gasteiger partial charge in [-0.25, -0.2) is 0 Å². The van der Waals surface area contributed by atoms with Gasteiger partial charge in [0, 0.05) is 17.8 Å². The molecule has 0 saturated heterocycles. The number of rotatable bonds is 5. The minimum Gasteiger partial charge on any atom is -0.344 e. The van der Waals surface area contributed by atoms with Crippen LogP contribution in [-0.4, -0.2) is 28.2 Å². The number of amides is 2. The molecule has 0 atom stereocenters. The van der Waals surface area contributed by atoms with E-state index in [0.29, 0.717) is 17.1 Å². The molecule has 2 amide bonds. The highest BCUT2D eigenvalue weighted by molar-refractivity contribution is 6.15. The number of fused-ring (bicyclic) bond motifs is 1. The summed E-state index contributed by atoms with van der Waals surface area (Å²) in [6.07, 6.45) is 0. The van der Waals surface area contributed by atoms with Gasteiger partial charge in [-0.3, -0.25) is 34.7 Å². The highest BCUT2D eigenvalue weighted by Crippen LogP contribution is 2.39. The third-order valence-electron chi connectivity index (χ3n) is 4.80. The molecule has 0 bridgehead atoms. The van der Waals surface area contributed by atoms with Crippen LogP contribution in [0.15, 0.2) is 66.7 Å². The van der Waals surface area contributed by atoms with Crippen LogP contribution in [-0.2, 0) is 4.79 Å². The topological polar surface area (TPSA) is 148 Å². The molecule has 1 aliphatic heterocycles. The van der Waals surface area contributed by atoms with Crippen molar-refractivity contribution in [3.05, 3.63) is 92.5 Å². The van der Waals surface area contributed by atoms with Gasteiger partial charge < -0.3 is 10.6 Å². The fraction of sp³-hybridized carbons (Fsp3) is 0.0476. The van der Waals surface area contributed by atoms with Crippen molar-refractivity contribution in [2.45, 2.75) is 0 Å². The Bertz CT molecular complexity index is 1230. The van der Waals surface area contributed by atoms with E-state index >= 15 is 0 Å². The third kappa shape index (κ3) is 3.81. The Balaban J connectivity index is 1.82. The summed E-state index contributed by atoms with van der Waals surface area (Å²) in [4.78, 5) is 48.3. The Morgan fingerprint density at radius 2 is 1.53 bits per heavy atom. The molecule has 0 radical (unpaired) electrons. The van der Waals surface area contributed by atoms with Crippen molar-refractivity contribution >= 4 is 45.9 Å². The van der Waals surface area contributed by atoms with E-state index in [0.717, 1.165) is 17.0 Å². The summed E-state index contributed by atoms with van der Waals surface area (Å²) >= 11 is 0. The third-order valence-corrected chi connectivity index (χ3v) is 4.80. The maximum atomic E-state index is 13.2. The lowest BCUT2D eigenvalue weighted by Gasteiger charge is -2.29. The van der Waals surface area contributed by atoms with Gasteiger partial charge >= 0.3 is 11.4 Å². The minimum absolute atomic E-state index is 0.286. The second-order valence-electron chi connectivity index (χ2n) is 6.85. The Kier molecular flexibility index (Phi) is 5.21. The highest BCUT2D eigenvalue weighted by atomic mass is 16.6. The van der Waals surface area contributed by atoms with Gasteiger partial charge in [-0.2, -0.15) is 0 Å². The number of carbonyl (C=O) groups excluding carboxylic acids is 2. The molecule has 0 saturated carbocycles. The molecule has 32 heavy (non-hydrogen) atoms. The zero-order valence-corrected chi connectivity index (χ0v) is 16.3. The average Bonchev–Trinajstić information content (AvgIpc) is 2.78. The largest absolute Gasteiger partial charge is 0.344 e. The van der Waals surface area contributed by atoms with Crippen molar-refractivity contribution in [3.63, 3.8) is 0 Å². The van der Waals surface area contributed by atoms with Crippen LogP contribution in [0.2, 0.25) is 0 Å². The highest BCUT2D eigenvalue weighted by Gasteiger charge is 2.33. The number of nitrogens with one attached hydrogen (secondary N) is 2. The van der Waals surface area contributed by atoms with Crippen molar-refractivity contribution in [2.75, 3.05) is 22.1 Å².